The molecule has 2 N–H and O–H groups in total. The molecule has 1 aromatic carbocycles. The van der Waals surface area contributed by atoms with E-state index in [1.54, 1.807) is 6.20 Å². The van der Waals surface area contributed by atoms with Gasteiger partial charge in [0.1, 0.15) is 0 Å². The Morgan fingerprint density at radius 1 is 1.29 bits per heavy atom. The first kappa shape index (κ1) is 18.9. The topological polar surface area (TPSA) is 54.2 Å². The molecule has 0 radical (unpaired) electrons. The third-order valence-electron chi connectivity index (χ3n) is 3.37. The quantitative estimate of drug-likeness (QED) is 0.417. The Morgan fingerprint density at radius 2 is 2.04 bits per heavy atom. The number of aryl methyl sites for hydroxylation is 1. The predicted molar refractivity (Wildman–Crippen MR) is 105 cm³/mol. The van der Waals surface area contributed by atoms with Crippen molar-refractivity contribution in [2.75, 3.05) is 13.1 Å². The van der Waals surface area contributed by atoms with E-state index in [-0.39, 0.29) is 0 Å². The number of hydrogen-bond acceptors (Lipinski definition) is 3. The molecule has 0 fully saturated rings. The number of guanidine groups is 1. The van der Waals surface area contributed by atoms with Crippen LogP contribution in [0.5, 0.6) is 0 Å². The van der Waals surface area contributed by atoms with Gasteiger partial charge in [-0.25, -0.2) is 4.99 Å². The molecule has 2 aromatic rings. The van der Waals surface area contributed by atoms with Crippen LogP contribution in [0.15, 0.2) is 50.9 Å². The summed E-state index contributed by atoms with van der Waals surface area (Å²) in [4.78, 5) is 5.89. The number of aliphatic imine (C=N–C) groups is 1. The van der Waals surface area contributed by atoms with Crippen LogP contribution in [0.3, 0.4) is 0 Å². The molecule has 0 aliphatic heterocycles. The lowest BCUT2D eigenvalue weighted by Crippen LogP contribution is -2.40. The van der Waals surface area contributed by atoms with Crippen LogP contribution in [-0.4, -0.2) is 34.1 Å². The van der Waals surface area contributed by atoms with Crippen molar-refractivity contribution in [1.82, 2.24) is 20.4 Å². The first-order chi connectivity index (χ1) is 11.6. The van der Waals surface area contributed by atoms with Gasteiger partial charge < -0.3 is 10.6 Å². The zero-order chi connectivity index (χ0) is 17.4. The smallest absolute Gasteiger partial charge is 0.191 e. The molecule has 0 spiro atoms. The van der Waals surface area contributed by atoms with E-state index in [4.69, 9.17) is 0 Å². The third kappa shape index (κ3) is 6.20. The number of thioether (sulfide) groups is 1. The molecule has 0 saturated heterocycles. The minimum atomic E-state index is 0.437. The summed E-state index contributed by atoms with van der Waals surface area (Å²) in [5.41, 5.74) is 1.09. The number of nitrogens with one attached hydrogen (secondary N) is 2. The normalized spacial score (nSPS) is 12.9. The summed E-state index contributed by atoms with van der Waals surface area (Å²) in [5, 5.41) is 11.3. The fourth-order valence-electron chi connectivity index (χ4n) is 2.09. The number of rotatable bonds is 7. The molecule has 24 heavy (non-hydrogen) atoms. The predicted octanol–water partition coefficient (Wildman–Crippen LogP) is 3.42. The van der Waals surface area contributed by atoms with Gasteiger partial charge in [-0.3, -0.25) is 4.68 Å². The second-order valence-electron chi connectivity index (χ2n) is 5.40. The second-order valence-corrected chi connectivity index (χ2v) is 7.83. The average Bonchev–Trinajstić information content (AvgIpc) is 2.97. The Kier molecular flexibility index (Phi) is 7.65. The highest BCUT2D eigenvalue weighted by molar-refractivity contribution is 9.10. The van der Waals surface area contributed by atoms with Crippen molar-refractivity contribution in [3.05, 3.63) is 46.7 Å². The van der Waals surface area contributed by atoms with Gasteiger partial charge in [0.25, 0.3) is 0 Å². The lowest BCUT2D eigenvalue weighted by atomic mass is 10.4. The van der Waals surface area contributed by atoms with Crippen molar-refractivity contribution in [2.45, 2.75) is 30.5 Å². The van der Waals surface area contributed by atoms with Crippen molar-refractivity contribution in [1.29, 1.82) is 0 Å². The van der Waals surface area contributed by atoms with E-state index in [1.807, 2.05) is 29.6 Å². The van der Waals surface area contributed by atoms with Crippen LogP contribution in [0.1, 0.15) is 19.5 Å². The van der Waals surface area contributed by atoms with E-state index in [9.17, 15) is 0 Å². The molecule has 0 bridgehead atoms. The summed E-state index contributed by atoms with van der Waals surface area (Å²) in [7, 11) is 1.93. The summed E-state index contributed by atoms with van der Waals surface area (Å²) < 4.78 is 2.95. The fourth-order valence-corrected chi connectivity index (χ4v) is 3.27. The maximum Gasteiger partial charge on any atom is 0.191 e. The zero-order valence-electron chi connectivity index (χ0n) is 14.3. The van der Waals surface area contributed by atoms with Crippen molar-refractivity contribution in [2.24, 2.45) is 12.0 Å². The SMILES string of the molecule is CCNC(=NCc1ccnn1C)NCC(C)Sc1ccc(Br)cc1. The first-order valence-electron chi connectivity index (χ1n) is 7.99. The van der Waals surface area contributed by atoms with E-state index in [2.05, 4.69) is 74.8 Å². The molecule has 1 atom stereocenters. The molecule has 5 nitrogen and oxygen atoms in total. The van der Waals surface area contributed by atoms with Gasteiger partial charge in [0.2, 0.25) is 0 Å². The highest BCUT2D eigenvalue weighted by Gasteiger charge is 2.06. The minimum absolute atomic E-state index is 0.437. The standard InChI is InChI=1S/C17H24BrN5S/c1-4-19-17(21-12-15-9-10-22-23(15)3)20-11-13(2)24-16-7-5-14(18)6-8-16/h5-10,13H,4,11-12H2,1-3H3,(H2,19,20,21). The number of halogens is 1. The Labute approximate surface area is 156 Å². The molecule has 1 heterocycles. The minimum Gasteiger partial charge on any atom is -0.357 e. The molecule has 1 unspecified atom stereocenters. The fraction of sp³-hybridized carbons (Fsp3) is 0.412. The maximum atomic E-state index is 4.63. The van der Waals surface area contributed by atoms with Gasteiger partial charge in [0.15, 0.2) is 5.96 Å². The van der Waals surface area contributed by atoms with Gasteiger partial charge in [-0.05, 0) is 37.3 Å². The maximum absolute atomic E-state index is 4.63. The highest BCUT2D eigenvalue weighted by Crippen LogP contribution is 2.24. The van der Waals surface area contributed by atoms with Crippen molar-refractivity contribution in [3.63, 3.8) is 0 Å². The third-order valence-corrected chi connectivity index (χ3v) is 5.02. The molecular weight excluding hydrogens is 386 g/mol. The van der Waals surface area contributed by atoms with E-state index in [0.717, 1.165) is 29.2 Å². The first-order valence-corrected chi connectivity index (χ1v) is 9.67. The Hall–Kier alpha value is -1.47. The molecule has 0 saturated carbocycles. The lowest BCUT2D eigenvalue weighted by molar-refractivity contribution is 0.707. The van der Waals surface area contributed by atoms with Gasteiger partial charge in [-0.2, -0.15) is 5.10 Å². The molecule has 0 amide bonds. The molecule has 1 aromatic heterocycles. The van der Waals surface area contributed by atoms with Crippen LogP contribution in [0.4, 0.5) is 0 Å². The van der Waals surface area contributed by atoms with Crippen LogP contribution in [0.2, 0.25) is 0 Å². The van der Waals surface area contributed by atoms with Crippen LogP contribution in [-0.2, 0) is 13.6 Å². The van der Waals surface area contributed by atoms with Gasteiger partial charge in [-0.15, -0.1) is 11.8 Å². The van der Waals surface area contributed by atoms with E-state index in [0.29, 0.717) is 11.8 Å². The Balaban J connectivity index is 1.85. The van der Waals surface area contributed by atoms with Gasteiger partial charge >= 0.3 is 0 Å². The summed E-state index contributed by atoms with van der Waals surface area (Å²) >= 11 is 5.32. The summed E-state index contributed by atoms with van der Waals surface area (Å²) in [5.74, 6) is 0.835. The number of nitrogens with zero attached hydrogens (tertiary/aromatic N) is 3. The molecule has 0 aliphatic carbocycles. The van der Waals surface area contributed by atoms with Crippen LogP contribution >= 0.6 is 27.7 Å². The van der Waals surface area contributed by atoms with E-state index in [1.165, 1.54) is 4.90 Å². The largest absolute Gasteiger partial charge is 0.357 e. The molecule has 130 valence electrons. The lowest BCUT2D eigenvalue weighted by Gasteiger charge is -2.16. The Morgan fingerprint density at radius 3 is 2.67 bits per heavy atom. The molecule has 7 heteroatoms. The average molecular weight is 410 g/mol. The van der Waals surface area contributed by atoms with Gasteiger partial charge in [0.05, 0.1) is 12.2 Å². The van der Waals surface area contributed by atoms with E-state index >= 15 is 0 Å². The Bertz CT molecular complexity index is 653. The van der Waals surface area contributed by atoms with Crippen molar-refractivity contribution < 1.29 is 0 Å². The van der Waals surface area contributed by atoms with Gasteiger partial charge in [-0.1, -0.05) is 22.9 Å². The highest BCUT2D eigenvalue weighted by atomic mass is 79.9. The van der Waals surface area contributed by atoms with Crippen LogP contribution < -0.4 is 10.6 Å². The number of benzene rings is 1. The molecule has 0 aliphatic rings. The molecular formula is C17H24BrN5S. The van der Waals surface area contributed by atoms with Crippen LogP contribution in [0.25, 0.3) is 0 Å². The molecule has 2 rings (SSSR count). The van der Waals surface area contributed by atoms with E-state index < -0.39 is 0 Å². The summed E-state index contributed by atoms with van der Waals surface area (Å²) in [6.07, 6.45) is 1.79. The zero-order valence-corrected chi connectivity index (χ0v) is 16.7. The summed E-state index contributed by atoms with van der Waals surface area (Å²) in [6.45, 7) is 6.58. The van der Waals surface area contributed by atoms with Crippen LogP contribution in [0, 0.1) is 0 Å². The van der Waals surface area contributed by atoms with Gasteiger partial charge in [0, 0.05) is 41.0 Å². The number of hydrogen-bond donors (Lipinski definition) is 2. The second kappa shape index (κ2) is 9.74. The monoisotopic (exact) mass is 409 g/mol. The summed E-state index contributed by atoms with van der Waals surface area (Å²) in [6, 6.07) is 10.4. The van der Waals surface area contributed by atoms with Crippen molar-refractivity contribution in [3.8, 4) is 0 Å². The number of aromatic nitrogens is 2. The van der Waals surface area contributed by atoms with Crippen molar-refractivity contribution >= 4 is 33.7 Å².